The van der Waals surface area contributed by atoms with Crippen LogP contribution in [-0.4, -0.2) is 35.7 Å². The number of aromatic amines is 1. The number of H-pyrrole nitrogens is 1. The molecule has 0 aliphatic rings. The highest BCUT2D eigenvalue weighted by molar-refractivity contribution is 7.90. The molecule has 0 bridgehead atoms. The SMILES string of the molecule is CS(=O)(=O)c1nc(-c2ccnc(NC(N)=O)c2)c(-c2ccc(F)cc2)[nH]1. The van der Waals surface area contributed by atoms with Crippen LogP contribution in [0, 0.1) is 5.82 Å². The number of amides is 2. The zero-order valence-corrected chi connectivity index (χ0v) is 14.3. The van der Waals surface area contributed by atoms with E-state index in [9.17, 15) is 17.6 Å². The summed E-state index contributed by atoms with van der Waals surface area (Å²) in [6, 6.07) is 7.83. The Kier molecular flexibility index (Phi) is 4.43. The van der Waals surface area contributed by atoms with Gasteiger partial charge in [0.1, 0.15) is 11.6 Å². The number of primary amides is 1. The molecular weight excluding hydrogens is 361 g/mol. The van der Waals surface area contributed by atoms with Crippen molar-refractivity contribution in [3.63, 3.8) is 0 Å². The van der Waals surface area contributed by atoms with Crippen LogP contribution in [0.2, 0.25) is 0 Å². The monoisotopic (exact) mass is 375 g/mol. The Morgan fingerprint density at radius 1 is 1.19 bits per heavy atom. The van der Waals surface area contributed by atoms with Gasteiger partial charge in [0.15, 0.2) is 0 Å². The predicted octanol–water partition coefficient (Wildman–Crippen LogP) is 2.17. The van der Waals surface area contributed by atoms with Gasteiger partial charge >= 0.3 is 6.03 Å². The Hall–Kier alpha value is -3.27. The van der Waals surface area contributed by atoms with Crippen LogP contribution in [0.15, 0.2) is 47.8 Å². The number of hydrogen-bond donors (Lipinski definition) is 3. The number of imidazole rings is 1. The lowest BCUT2D eigenvalue weighted by Gasteiger charge is -2.05. The van der Waals surface area contributed by atoms with Crippen LogP contribution in [0.5, 0.6) is 0 Å². The molecule has 0 atom stereocenters. The van der Waals surface area contributed by atoms with E-state index in [0.717, 1.165) is 6.26 Å². The molecule has 0 saturated heterocycles. The molecule has 4 N–H and O–H groups in total. The molecule has 134 valence electrons. The molecule has 26 heavy (non-hydrogen) atoms. The first kappa shape index (κ1) is 17.5. The number of halogens is 1. The summed E-state index contributed by atoms with van der Waals surface area (Å²) in [5.41, 5.74) is 6.83. The number of nitrogens with zero attached hydrogens (tertiary/aromatic N) is 2. The summed E-state index contributed by atoms with van der Waals surface area (Å²) in [6.45, 7) is 0. The first-order chi connectivity index (χ1) is 12.2. The molecule has 2 heterocycles. The third kappa shape index (κ3) is 3.70. The molecule has 0 radical (unpaired) electrons. The van der Waals surface area contributed by atoms with Crippen molar-refractivity contribution in [3.05, 3.63) is 48.4 Å². The zero-order chi connectivity index (χ0) is 18.9. The minimum Gasteiger partial charge on any atom is -0.351 e. The highest BCUT2D eigenvalue weighted by Gasteiger charge is 2.20. The lowest BCUT2D eigenvalue weighted by molar-refractivity contribution is 0.259. The van der Waals surface area contributed by atoms with Crippen molar-refractivity contribution in [2.45, 2.75) is 5.16 Å². The summed E-state index contributed by atoms with van der Waals surface area (Å²) in [6.07, 6.45) is 2.44. The zero-order valence-electron chi connectivity index (χ0n) is 13.5. The van der Waals surface area contributed by atoms with Crippen molar-refractivity contribution in [1.29, 1.82) is 0 Å². The average Bonchev–Trinajstić information content (AvgIpc) is 3.01. The Balaban J connectivity index is 2.18. The smallest absolute Gasteiger partial charge is 0.317 e. The molecule has 0 unspecified atom stereocenters. The van der Waals surface area contributed by atoms with E-state index in [2.05, 4.69) is 20.3 Å². The second-order valence-electron chi connectivity index (χ2n) is 5.46. The highest BCUT2D eigenvalue weighted by atomic mass is 32.2. The van der Waals surface area contributed by atoms with Gasteiger partial charge in [-0.15, -0.1) is 0 Å². The summed E-state index contributed by atoms with van der Waals surface area (Å²) in [7, 11) is -3.60. The largest absolute Gasteiger partial charge is 0.351 e. The van der Waals surface area contributed by atoms with Crippen LogP contribution in [0.4, 0.5) is 15.0 Å². The van der Waals surface area contributed by atoms with E-state index < -0.39 is 21.7 Å². The van der Waals surface area contributed by atoms with Gasteiger partial charge in [-0.1, -0.05) is 0 Å². The number of pyridine rings is 1. The molecule has 1 aromatic carbocycles. The molecule has 8 nitrogen and oxygen atoms in total. The van der Waals surface area contributed by atoms with Gasteiger partial charge in [-0.05, 0) is 36.4 Å². The number of hydrogen-bond acceptors (Lipinski definition) is 5. The number of sulfone groups is 1. The van der Waals surface area contributed by atoms with Crippen molar-refractivity contribution >= 4 is 21.7 Å². The number of nitrogens with one attached hydrogen (secondary N) is 2. The van der Waals surface area contributed by atoms with Gasteiger partial charge in [0.05, 0.1) is 11.4 Å². The molecule has 0 spiro atoms. The standard InChI is InChI=1S/C16H14FN5O3S/c1-26(24,25)16-21-13(9-2-4-11(17)5-3-9)14(22-16)10-6-7-19-12(8-10)20-15(18)23/h2-8H,1H3,(H,21,22)(H3,18,19,20,23). The van der Waals surface area contributed by atoms with E-state index >= 15 is 0 Å². The minimum atomic E-state index is -3.60. The predicted molar refractivity (Wildman–Crippen MR) is 93.5 cm³/mol. The van der Waals surface area contributed by atoms with Gasteiger partial charge in [-0.2, -0.15) is 0 Å². The second kappa shape index (κ2) is 6.56. The highest BCUT2D eigenvalue weighted by Crippen LogP contribution is 2.32. The van der Waals surface area contributed by atoms with Gasteiger partial charge in [0.25, 0.3) is 0 Å². The third-order valence-corrected chi connectivity index (χ3v) is 4.35. The molecule has 2 amide bonds. The van der Waals surface area contributed by atoms with Crippen molar-refractivity contribution in [2.75, 3.05) is 11.6 Å². The molecule has 3 aromatic rings. The number of aromatic nitrogens is 3. The molecular formula is C16H14FN5O3S. The van der Waals surface area contributed by atoms with Gasteiger partial charge in [0.2, 0.25) is 15.0 Å². The summed E-state index contributed by atoms with van der Waals surface area (Å²) in [5, 5.41) is 2.11. The molecule has 0 aliphatic heterocycles. The van der Waals surface area contributed by atoms with Crippen LogP contribution < -0.4 is 11.1 Å². The lowest BCUT2D eigenvalue weighted by Crippen LogP contribution is -2.19. The van der Waals surface area contributed by atoms with Crippen LogP contribution >= 0.6 is 0 Å². The number of rotatable bonds is 4. The number of carbonyl (C=O) groups is 1. The van der Waals surface area contributed by atoms with Gasteiger partial charge in [-0.25, -0.2) is 27.6 Å². The fourth-order valence-electron chi connectivity index (χ4n) is 2.33. The normalized spacial score (nSPS) is 11.3. The number of carbonyl (C=O) groups excluding carboxylic acids is 1. The Labute approximate surface area is 148 Å². The molecule has 0 fully saturated rings. The van der Waals surface area contributed by atoms with Gasteiger partial charge < -0.3 is 10.7 Å². The quantitative estimate of drug-likeness (QED) is 0.643. The molecule has 10 heteroatoms. The number of nitrogens with two attached hydrogens (primary N) is 1. The summed E-state index contributed by atoms with van der Waals surface area (Å²) >= 11 is 0. The van der Waals surface area contributed by atoms with Crippen LogP contribution in [0.3, 0.4) is 0 Å². The van der Waals surface area contributed by atoms with Crippen LogP contribution in [0.1, 0.15) is 0 Å². The van der Waals surface area contributed by atoms with Crippen molar-refractivity contribution in [1.82, 2.24) is 15.0 Å². The number of urea groups is 1. The third-order valence-electron chi connectivity index (χ3n) is 3.45. The van der Waals surface area contributed by atoms with Crippen LogP contribution in [0.25, 0.3) is 22.5 Å². The fraction of sp³-hybridized carbons (Fsp3) is 0.0625. The molecule has 0 saturated carbocycles. The lowest BCUT2D eigenvalue weighted by atomic mass is 10.1. The maximum atomic E-state index is 13.2. The summed E-state index contributed by atoms with van der Waals surface area (Å²) in [5.74, 6) is -0.237. The van der Waals surface area contributed by atoms with E-state index in [1.54, 1.807) is 6.07 Å². The number of anilines is 1. The van der Waals surface area contributed by atoms with Crippen LogP contribution in [-0.2, 0) is 9.84 Å². The topological polar surface area (TPSA) is 131 Å². The van der Waals surface area contributed by atoms with Gasteiger partial charge in [-0.3, -0.25) is 5.32 Å². The molecule has 0 aliphatic carbocycles. The van der Waals surface area contributed by atoms with Crippen molar-refractivity contribution in [2.24, 2.45) is 5.73 Å². The molecule has 3 rings (SSSR count). The Morgan fingerprint density at radius 3 is 2.50 bits per heavy atom. The van der Waals surface area contributed by atoms with E-state index in [4.69, 9.17) is 5.73 Å². The number of benzene rings is 1. The maximum absolute atomic E-state index is 13.2. The summed E-state index contributed by atoms with van der Waals surface area (Å²) in [4.78, 5) is 21.9. The van der Waals surface area contributed by atoms with Gasteiger partial charge in [0, 0.05) is 23.6 Å². The van der Waals surface area contributed by atoms with Crippen molar-refractivity contribution < 1.29 is 17.6 Å². The van der Waals surface area contributed by atoms with E-state index in [0.29, 0.717) is 22.5 Å². The summed E-state index contributed by atoms with van der Waals surface area (Å²) < 4.78 is 37.0. The maximum Gasteiger partial charge on any atom is 0.317 e. The Morgan fingerprint density at radius 2 is 1.88 bits per heavy atom. The Bertz CT molecular complexity index is 1080. The van der Waals surface area contributed by atoms with Crippen molar-refractivity contribution in [3.8, 4) is 22.5 Å². The first-order valence-corrected chi connectivity index (χ1v) is 9.22. The van der Waals surface area contributed by atoms with E-state index in [1.807, 2.05) is 0 Å². The fourth-order valence-corrected chi connectivity index (χ4v) is 2.88. The first-order valence-electron chi connectivity index (χ1n) is 7.33. The molecule has 2 aromatic heterocycles. The van der Waals surface area contributed by atoms with E-state index in [1.165, 1.54) is 36.5 Å². The van der Waals surface area contributed by atoms with E-state index in [-0.39, 0.29) is 11.0 Å². The minimum absolute atomic E-state index is 0.184. The second-order valence-corrected chi connectivity index (χ2v) is 7.39. The average molecular weight is 375 g/mol.